The molecule has 0 saturated carbocycles. The second kappa shape index (κ2) is 9.36. The molecule has 0 radical (unpaired) electrons. The quantitative estimate of drug-likeness (QED) is 0.304. The highest BCUT2D eigenvalue weighted by Crippen LogP contribution is 2.26. The van der Waals surface area contributed by atoms with Crippen LogP contribution in [0.5, 0.6) is 5.75 Å². The highest BCUT2D eigenvalue weighted by molar-refractivity contribution is 7.17. The number of para-hydroxylation sites is 1. The Morgan fingerprint density at radius 2 is 1.93 bits per heavy atom. The Morgan fingerprint density at radius 1 is 1.14 bits per heavy atom. The van der Waals surface area contributed by atoms with Crippen LogP contribution in [0.1, 0.15) is 15.2 Å². The molecule has 0 aliphatic carbocycles. The molecule has 0 aliphatic heterocycles. The lowest BCUT2D eigenvalue weighted by molar-refractivity contribution is 0.0711. The Labute approximate surface area is 163 Å². The number of carbonyl (C=O) groups excluding carboxylic acids is 1. The lowest BCUT2D eigenvalue weighted by Gasteiger charge is -2.09. The summed E-state index contributed by atoms with van der Waals surface area (Å²) in [6.45, 7) is 1.04. The second-order valence-electron chi connectivity index (χ2n) is 5.73. The standard InChI is InChI=1S/C19H17F2N3O3S/c20-13-2-1-3-14(21)18(13)27-9-8-22-10-12-4-5-15(23-11-12)16-6-7-17(28-16)19(25)24-26/h1-7,11,22,26H,8-10H2,(H,24,25). The lowest BCUT2D eigenvalue weighted by Crippen LogP contribution is -2.21. The van der Waals surface area contributed by atoms with Gasteiger partial charge in [0.2, 0.25) is 0 Å². The average Bonchev–Trinajstić information content (AvgIpc) is 3.20. The van der Waals surface area contributed by atoms with E-state index in [-0.39, 0.29) is 12.4 Å². The van der Waals surface area contributed by atoms with Crippen LogP contribution in [0.25, 0.3) is 10.6 Å². The number of pyridine rings is 1. The summed E-state index contributed by atoms with van der Waals surface area (Å²) in [7, 11) is 0. The van der Waals surface area contributed by atoms with Crippen LogP contribution in [-0.4, -0.2) is 29.3 Å². The van der Waals surface area contributed by atoms with Gasteiger partial charge in [0.25, 0.3) is 5.91 Å². The fourth-order valence-electron chi connectivity index (χ4n) is 2.41. The van der Waals surface area contributed by atoms with E-state index in [4.69, 9.17) is 9.94 Å². The number of nitrogens with one attached hydrogen (secondary N) is 2. The van der Waals surface area contributed by atoms with E-state index in [1.54, 1.807) is 23.8 Å². The van der Waals surface area contributed by atoms with Crippen molar-refractivity contribution in [1.82, 2.24) is 15.8 Å². The molecule has 0 saturated heterocycles. The number of hydrogen-bond acceptors (Lipinski definition) is 6. The summed E-state index contributed by atoms with van der Waals surface area (Å²) in [5.74, 6) is -2.39. The number of thiophene rings is 1. The number of aromatic nitrogens is 1. The number of nitrogens with zero attached hydrogens (tertiary/aromatic N) is 1. The van der Waals surface area contributed by atoms with Crippen LogP contribution in [-0.2, 0) is 6.54 Å². The van der Waals surface area contributed by atoms with Gasteiger partial charge in [-0.15, -0.1) is 11.3 Å². The van der Waals surface area contributed by atoms with E-state index in [1.165, 1.54) is 17.4 Å². The molecule has 0 bridgehead atoms. The van der Waals surface area contributed by atoms with E-state index in [1.807, 2.05) is 12.1 Å². The zero-order chi connectivity index (χ0) is 19.9. The lowest BCUT2D eigenvalue weighted by atomic mass is 10.2. The molecule has 0 fully saturated rings. The van der Waals surface area contributed by atoms with E-state index in [0.29, 0.717) is 23.7 Å². The van der Waals surface area contributed by atoms with Crippen molar-refractivity contribution in [2.24, 2.45) is 0 Å². The first-order chi connectivity index (χ1) is 13.6. The van der Waals surface area contributed by atoms with E-state index in [9.17, 15) is 13.6 Å². The molecule has 2 heterocycles. The molecule has 0 spiro atoms. The molecule has 3 N–H and O–H groups in total. The van der Waals surface area contributed by atoms with Crippen LogP contribution in [0.15, 0.2) is 48.7 Å². The number of hydroxylamine groups is 1. The zero-order valence-electron chi connectivity index (χ0n) is 14.6. The molecule has 3 rings (SSSR count). The van der Waals surface area contributed by atoms with Gasteiger partial charge in [-0.25, -0.2) is 14.3 Å². The number of ether oxygens (including phenoxy) is 1. The van der Waals surface area contributed by atoms with Gasteiger partial charge in [0.1, 0.15) is 6.61 Å². The molecule has 0 aliphatic rings. The topological polar surface area (TPSA) is 83.5 Å². The van der Waals surface area contributed by atoms with Gasteiger partial charge in [-0.3, -0.25) is 15.0 Å². The van der Waals surface area contributed by atoms with Crippen molar-refractivity contribution in [1.29, 1.82) is 0 Å². The highest BCUT2D eigenvalue weighted by Gasteiger charge is 2.10. The number of benzene rings is 1. The summed E-state index contributed by atoms with van der Waals surface area (Å²) in [5, 5.41) is 11.8. The third-order valence-electron chi connectivity index (χ3n) is 3.78. The van der Waals surface area contributed by atoms with Gasteiger partial charge in [0.15, 0.2) is 17.4 Å². The van der Waals surface area contributed by atoms with Crippen LogP contribution >= 0.6 is 11.3 Å². The molecule has 0 atom stereocenters. The fraction of sp³-hybridized carbons (Fsp3) is 0.158. The minimum Gasteiger partial charge on any atom is -0.486 e. The van der Waals surface area contributed by atoms with Crippen LogP contribution in [0, 0.1) is 11.6 Å². The summed E-state index contributed by atoms with van der Waals surface area (Å²) < 4.78 is 32.0. The van der Waals surface area contributed by atoms with Crippen molar-refractivity contribution < 1.29 is 23.5 Å². The smallest absolute Gasteiger partial charge is 0.284 e. The second-order valence-corrected chi connectivity index (χ2v) is 6.82. The molecule has 6 nitrogen and oxygen atoms in total. The van der Waals surface area contributed by atoms with Crippen molar-refractivity contribution in [2.45, 2.75) is 6.54 Å². The molecule has 1 amide bonds. The molecule has 146 valence electrons. The first-order valence-corrected chi connectivity index (χ1v) is 9.17. The normalized spacial score (nSPS) is 10.7. The molecule has 9 heteroatoms. The van der Waals surface area contributed by atoms with Crippen LogP contribution in [0.3, 0.4) is 0 Å². The SMILES string of the molecule is O=C(NO)c1ccc(-c2ccc(CNCCOc3c(F)cccc3F)cn2)s1. The maximum Gasteiger partial charge on any atom is 0.284 e. The van der Waals surface area contributed by atoms with Gasteiger partial charge in [-0.05, 0) is 35.9 Å². The van der Waals surface area contributed by atoms with E-state index in [0.717, 1.165) is 22.6 Å². The van der Waals surface area contributed by atoms with Crippen molar-refractivity contribution in [3.05, 3.63) is 70.7 Å². The van der Waals surface area contributed by atoms with Crippen molar-refractivity contribution in [3.63, 3.8) is 0 Å². The van der Waals surface area contributed by atoms with Crippen molar-refractivity contribution >= 4 is 17.2 Å². The van der Waals surface area contributed by atoms with Gasteiger partial charge in [-0.2, -0.15) is 0 Å². The molecule has 2 aromatic heterocycles. The predicted octanol–water partition coefficient (Wildman–Crippen LogP) is 3.38. The molecular weight excluding hydrogens is 388 g/mol. The van der Waals surface area contributed by atoms with Crippen molar-refractivity contribution in [2.75, 3.05) is 13.2 Å². The first kappa shape index (κ1) is 19.9. The molecule has 3 aromatic rings. The van der Waals surface area contributed by atoms with Gasteiger partial charge >= 0.3 is 0 Å². The maximum absolute atomic E-state index is 13.4. The molecule has 1 aromatic carbocycles. The Balaban J connectivity index is 1.47. The average molecular weight is 405 g/mol. The minimum atomic E-state index is -0.729. The predicted molar refractivity (Wildman–Crippen MR) is 100 cm³/mol. The third-order valence-corrected chi connectivity index (χ3v) is 4.89. The molecule has 0 unspecified atom stereocenters. The summed E-state index contributed by atoms with van der Waals surface area (Å²) in [6.07, 6.45) is 1.70. The zero-order valence-corrected chi connectivity index (χ0v) is 15.4. The van der Waals surface area contributed by atoms with Gasteiger partial charge in [-0.1, -0.05) is 12.1 Å². The fourth-order valence-corrected chi connectivity index (χ4v) is 3.28. The van der Waals surface area contributed by atoms with Crippen LogP contribution in [0.4, 0.5) is 8.78 Å². The number of hydrogen-bond donors (Lipinski definition) is 3. The monoisotopic (exact) mass is 405 g/mol. The number of amides is 1. The van der Waals surface area contributed by atoms with E-state index in [2.05, 4.69) is 10.3 Å². The number of rotatable bonds is 8. The highest BCUT2D eigenvalue weighted by atomic mass is 32.1. The molecular formula is C19H17F2N3O3S. The largest absolute Gasteiger partial charge is 0.486 e. The van der Waals surface area contributed by atoms with Gasteiger partial charge < -0.3 is 10.1 Å². The van der Waals surface area contributed by atoms with E-state index < -0.39 is 17.5 Å². The summed E-state index contributed by atoms with van der Waals surface area (Å²) >= 11 is 1.22. The Bertz CT molecular complexity index is 928. The Kier molecular flexibility index (Phi) is 6.64. The van der Waals surface area contributed by atoms with Crippen molar-refractivity contribution in [3.8, 4) is 16.3 Å². The van der Waals surface area contributed by atoms with Gasteiger partial charge in [0.05, 0.1) is 15.4 Å². The Hall–Kier alpha value is -2.88. The first-order valence-electron chi connectivity index (χ1n) is 8.35. The van der Waals surface area contributed by atoms with Crippen LogP contribution < -0.4 is 15.5 Å². The van der Waals surface area contributed by atoms with E-state index >= 15 is 0 Å². The number of halogens is 2. The van der Waals surface area contributed by atoms with Crippen LogP contribution in [0.2, 0.25) is 0 Å². The molecule has 28 heavy (non-hydrogen) atoms. The Morgan fingerprint density at radius 3 is 2.61 bits per heavy atom. The maximum atomic E-state index is 13.4. The third kappa shape index (κ3) is 4.89. The number of carbonyl (C=O) groups is 1. The van der Waals surface area contributed by atoms with Gasteiger partial charge in [0, 0.05) is 19.3 Å². The summed E-state index contributed by atoms with van der Waals surface area (Å²) in [6, 6.07) is 10.7. The summed E-state index contributed by atoms with van der Waals surface area (Å²) in [5.41, 5.74) is 3.23. The summed E-state index contributed by atoms with van der Waals surface area (Å²) in [4.78, 5) is 16.9. The minimum absolute atomic E-state index is 0.119.